The third kappa shape index (κ3) is 6.56. The fraction of sp³-hybridized carbons (Fsp3) is 0.667. The highest BCUT2D eigenvalue weighted by atomic mass is 32.2. The van der Waals surface area contributed by atoms with Gasteiger partial charge in [-0.05, 0) is 19.4 Å². The van der Waals surface area contributed by atoms with Crippen LogP contribution in [0.5, 0.6) is 0 Å². The number of rotatable bonds is 9. The molecule has 130 valence electrons. The number of thioether (sulfide) groups is 2. The first kappa shape index (κ1) is 20.1. The van der Waals surface area contributed by atoms with Crippen molar-refractivity contribution in [2.24, 2.45) is 0 Å². The first-order valence-corrected chi connectivity index (χ1v) is 9.67. The number of nitrogens with zero attached hydrogens (tertiary/aromatic N) is 2. The third-order valence-electron chi connectivity index (χ3n) is 3.33. The normalized spacial score (nSPS) is 16.7. The zero-order valence-electron chi connectivity index (χ0n) is 13.6. The monoisotopic (exact) mass is 360 g/mol. The van der Waals surface area contributed by atoms with E-state index >= 15 is 0 Å². The van der Waals surface area contributed by atoms with Crippen molar-refractivity contribution in [2.75, 3.05) is 43.4 Å². The third-order valence-corrected chi connectivity index (χ3v) is 5.72. The minimum Gasteiger partial charge on any atom is -0.390 e. The highest BCUT2D eigenvalue weighted by Gasteiger charge is 2.32. The molecular weight excluding hydrogens is 336 g/mol. The summed E-state index contributed by atoms with van der Waals surface area (Å²) in [4.78, 5) is 38.0. The Morgan fingerprint density at radius 3 is 2.48 bits per heavy atom. The van der Waals surface area contributed by atoms with E-state index < -0.39 is 17.9 Å². The molecule has 0 saturated carbocycles. The van der Waals surface area contributed by atoms with Crippen molar-refractivity contribution in [2.45, 2.75) is 20.0 Å². The summed E-state index contributed by atoms with van der Waals surface area (Å²) in [5.74, 6) is 0.836. The van der Waals surface area contributed by atoms with Crippen molar-refractivity contribution in [3.8, 4) is 0 Å². The number of hydrogen-bond donors (Lipinski definition) is 1. The lowest BCUT2D eigenvalue weighted by molar-refractivity contribution is -0.156. The van der Waals surface area contributed by atoms with E-state index in [1.807, 2.05) is 6.92 Å². The Balaban J connectivity index is 2.23. The van der Waals surface area contributed by atoms with Gasteiger partial charge in [0.2, 0.25) is 5.12 Å². The van der Waals surface area contributed by atoms with Crippen molar-refractivity contribution in [1.29, 1.82) is 0 Å². The molecule has 1 unspecified atom stereocenters. The Hall–Kier alpha value is -0.990. The molecule has 1 fully saturated rings. The fourth-order valence-electron chi connectivity index (χ4n) is 2.03. The quantitative estimate of drug-likeness (QED) is 0.369. The first-order valence-electron chi connectivity index (χ1n) is 7.53. The molecule has 1 saturated heterocycles. The average Bonchev–Trinajstić information content (AvgIpc) is 2.51. The topological polar surface area (TPSA) is 77.9 Å². The first-order chi connectivity index (χ1) is 10.9. The van der Waals surface area contributed by atoms with Gasteiger partial charge in [-0.2, -0.15) is 11.8 Å². The van der Waals surface area contributed by atoms with Gasteiger partial charge in [0, 0.05) is 43.4 Å². The summed E-state index contributed by atoms with van der Waals surface area (Å²) in [6.45, 7) is 8.78. The van der Waals surface area contributed by atoms with Crippen LogP contribution in [0.25, 0.3) is 0 Å². The number of aliphatic hydroxyl groups is 1. The summed E-state index contributed by atoms with van der Waals surface area (Å²) in [6.07, 6.45) is -0.674. The molecule has 1 N–H and O–H groups in total. The molecule has 1 atom stereocenters. The standard InChI is InChI=1S/C15H24N2O4S2/c1-4-16-5-6-17(14(20)13(16)19)9-12(18)10-22-7-8-23-15(21)11(2)3/h12,18H,2,4-10H2,1,3H3. The van der Waals surface area contributed by atoms with Crippen molar-refractivity contribution < 1.29 is 19.5 Å². The van der Waals surface area contributed by atoms with E-state index in [1.165, 1.54) is 33.3 Å². The number of hydrogen-bond acceptors (Lipinski definition) is 6. The summed E-state index contributed by atoms with van der Waals surface area (Å²) in [6, 6.07) is 0. The van der Waals surface area contributed by atoms with Crippen LogP contribution >= 0.6 is 23.5 Å². The summed E-state index contributed by atoms with van der Waals surface area (Å²) in [5.41, 5.74) is 0.537. The molecule has 0 aromatic carbocycles. The number of likely N-dealkylation sites (N-methyl/N-ethyl adjacent to an activating group) is 1. The summed E-state index contributed by atoms with van der Waals surface area (Å²) in [5, 5.41) is 9.99. The van der Waals surface area contributed by atoms with Gasteiger partial charge < -0.3 is 14.9 Å². The molecule has 0 bridgehead atoms. The molecular formula is C15H24N2O4S2. The maximum absolute atomic E-state index is 11.9. The van der Waals surface area contributed by atoms with E-state index in [0.717, 1.165) is 5.75 Å². The van der Waals surface area contributed by atoms with Gasteiger partial charge in [-0.25, -0.2) is 0 Å². The van der Waals surface area contributed by atoms with Crippen LogP contribution in [0, 0.1) is 0 Å². The van der Waals surface area contributed by atoms with Crippen molar-refractivity contribution in [3.63, 3.8) is 0 Å². The number of piperazine rings is 1. The van der Waals surface area contributed by atoms with Gasteiger partial charge in [0.25, 0.3) is 0 Å². The van der Waals surface area contributed by atoms with Gasteiger partial charge in [-0.15, -0.1) is 0 Å². The zero-order chi connectivity index (χ0) is 17.4. The minimum absolute atomic E-state index is 0.0101. The Bertz CT molecular complexity index is 470. The highest BCUT2D eigenvalue weighted by molar-refractivity contribution is 8.14. The van der Waals surface area contributed by atoms with Crippen LogP contribution < -0.4 is 0 Å². The predicted octanol–water partition coefficient (Wildman–Crippen LogP) is 0.607. The highest BCUT2D eigenvalue weighted by Crippen LogP contribution is 2.13. The molecule has 0 spiro atoms. The fourth-order valence-corrected chi connectivity index (χ4v) is 3.81. The van der Waals surface area contributed by atoms with Gasteiger partial charge in [0.15, 0.2) is 0 Å². The SMILES string of the molecule is C=C(C)C(=O)SCCSCC(O)CN1CCN(CC)C(=O)C1=O. The lowest BCUT2D eigenvalue weighted by Crippen LogP contribution is -2.55. The molecule has 23 heavy (non-hydrogen) atoms. The van der Waals surface area contributed by atoms with Crippen LogP contribution in [0.15, 0.2) is 12.2 Å². The molecule has 8 heteroatoms. The van der Waals surface area contributed by atoms with Crippen LogP contribution in [0.1, 0.15) is 13.8 Å². The number of carbonyl (C=O) groups is 3. The van der Waals surface area contributed by atoms with Crippen molar-refractivity contribution in [3.05, 3.63) is 12.2 Å². The van der Waals surface area contributed by atoms with E-state index in [1.54, 1.807) is 6.92 Å². The average molecular weight is 361 g/mol. The molecule has 0 aliphatic carbocycles. The summed E-state index contributed by atoms with van der Waals surface area (Å²) >= 11 is 2.74. The lowest BCUT2D eigenvalue weighted by atomic mass is 10.2. The van der Waals surface area contributed by atoms with Gasteiger partial charge in [0.1, 0.15) is 0 Å². The van der Waals surface area contributed by atoms with Crippen molar-refractivity contribution >= 4 is 40.5 Å². The second-order valence-electron chi connectivity index (χ2n) is 5.28. The minimum atomic E-state index is -0.674. The summed E-state index contributed by atoms with van der Waals surface area (Å²) < 4.78 is 0. The van der Waals surface area contributed by atoms with Crippen molar-refractivity contribution in [1.82, 2.24) is 9.80 Å². The molecule has 0 aromatic heterocycles. The second-order valence-corrected chi connectivity index (χ2v) is 7.50. The van der Waals surface area contributed by atoms with Crippen LogP contribution in [0.3, 0.4) is 0 Å². The van der Waals surface area contributed by atoms with E-state index in [-0.39, 0.29) is 11.7 Å². The molecule has 1 heterocycles. The molecule has 2 amide bonds. The van der Waals surface area contributed by atoms with Gasteiger partial charge >= 0.3 is 11.8 Å². The Morgan fingerprint density at radius 2 is 1.87 bits per heavy atom. The van der Waals surface area contributed by atoms with E-state index in [9.17, 15) is 19.5 Å². The largest absolute Gasteiger partial charge is 0.390 e. The smallest absolute Gasteiger partial charge is 0.312 e. The molecule has 0 aromatic rings. The van der Waals surface area contributed by atoms with Crippen LogP contribution in [0.4, 0.5) is 0 Å². The van der Waals surface area contributed by atoms with Crippen LogP contribution in [-0.4, -0.2) is 81.4 Å². The Kier molecular flexibility index (Phi) is 8.72. The Morgan fingerprint density at radius 1 is 1.26 bits per heavy atom. The number of aliphatic hydroxyl groups excluding tert-OH is 1. The van der Waals surface area contributed by atoms with E-state index in [2.05, 4.69) is 6.58 Å². The number of β-amino-alcohol motifs (C(OH)–C–C–N with tert-alkyl or cyclic N) is 1. The van der Waals surface area contributed by atoms with Gasteiger partial charge in [0.05, 0.1) is 6.10 Å². The molecule has 1 aliphatic rings. The van der Waals surface area contributed by atoms with Gasteiger partial charge in [-0.3, -0.25) is 14.4 Å². The number of carbonyl (C=O) groups excluding carboxylic acids is 3. The lowest BCUT2D eigenvalue weighted by Gasteiger charge is -2.34. The molecule has 1 rings (SSSR count). The van der Waals surface area contributed by atoms with E-state index in [0.29, 0.717) is 36.7 Å². The number of amides is 2. The molecule has 1 aliphatic heterocycles. The predicted molar refractivity (Wildman–Crippen MR) is 94.4 cm³/mol. The zero-order valence-corrected chi connectivity index (χ0v) is 15.3. The maximum Gasteiger partial charge on any atom is 0.312 e. The van der Waals surface area contributed by atoms with Crippen LogP contribution in [-0.2, 0) is 14.4 Å². The molecule has 0 radical (unpaired) electrons. The summed E-state index contributed by atoms with van der Waals surface area (Å²) in [7, 11) is 0. The molecule has 6 nitrogen and oxygen atoms in total. The second kappa shape index (κ2) is 10.00. The Labute approximate surface area is 145 Å². The maximum atomic E-state index is 11.9. The van der Waals surface area contributed by atoms with E-state index in [4.69, 9.17) is 0 Å². The van der Waals surface area contributed by atoms with Crippen LogP contribution in [0.2, 0.25) is 0 Å². The van der Waals surface area contributed by atoms with Gasteiger partial charge in [-0.1, -0.05) is 18.3 Å².